The van der Waals surface area contributed by atoms with Crippen LogP contribution in [0.2, 0.25) is 0 Å². The molecule has 0 saturated carbocycles. The first-order valence-electron chi connectivity index (χ1n) is 9.20. The van der Waals surface area contributed by atoms with Crippen LogP contribution >= 0.6 is 0 Å². The number of aromatic nitrogens is 2. The first kappa shape index (κ1) is 17.3. The summed E-state index contributed by atoms with van der Waals surface area (Å²) in [6.07, 6.45) is 1.75. The highest BCUT2D eigenvalue weighted by atomic mass is 16.5. The maximum Gasteiger partial charge on any atom is 0.318 e. The van der Waals surface area contributed by atoms with Gasteiger partial charge in [0.2, 0.25) is 11.7 Å². The van der Waals surface area contributed by atoms with Crippen LogP contribution < -0.4 is 5.32 Å². The molecule has 1 aliphatic heterocycles. The summed E-state index contributed by atoms with van der Waals surface area (Å²) in [6, 6.07) is 17.6. The van der Waals surface area contributed by atoms with Crippen LogP contribution in [0.4, 0.5) is 4.79 Å². The molecule has 6 nitrogen and oxygen atoms in total. The van der Waals surface area contributed by atoms with Crippen molar-refractivity contribution in [2.45, 2.75) is 32.4 Å². The minimum absolute atomic E-state index is 0.0995. The fourth-order valence-electron chi connectivity index (χ4n) is 3.33. The lowest BCUT2D eigenvalue weighted by molar-refractivity contribution is 0.180. The molecule has 1 atom stereocenters. The van der Waals surface area contributed by atoms with Gasteiger partial charge in [0.25, 0.3) is 0 Å². The van der Waals surface area contributed by atoms with Crippen molar-refractivity contribution in [3.05, 3.63) is 71.6 Å². The van der Waals surface area contributed by atoms with Crippen LogP contribution in [0, 0.1) is 6.92 Å². The third kappa shape index (κ3) is 3.84. The van der Waals surface area contributed by atoms with E-state index in [0.29, 0.717) is 24.8 Å². The van der Waals surface area contributed by atoms with Crippen LogP contribution in [0.25, 0.3) is 11.4 Å². The summed E-state index contributed by atoms with van der Waals surface area (Å²) in [5.41, 5.74) is 3.19. The second kappa shape index (κ2) is 7.61. The molecule has 1 aliphatic rings. The molecule has 0 spiro atoms. The average molecular weight is 362 g/mol. The molecule has 1 saturated heterocycles. The summed E-state index contributed by atoms with van der Waals surface area (Å²) in [5.74, 6) is 1.05. The van der Waals surface area contributed by atoms with Gasteiger partial charge in [-0.05, 0) is 25.3 Å². The Morgan fingerprint density at radius 3 is 2.74 bits per heavy atom. The first-order chi connectivity index (χ1) is 13.2. The molecule has 4 rings (SSSR count). The molecule has 27 heavy (non-hydrogen) atoms. The molecule has 0 unspecified atom stereocenters. The number of urea groups is 1. The van der Waals surface area contributed by atoms with Gasteiger partial charge in [-0.1, -0.05) is 65.3 Å². The predicted molar refractivity (Wildman–Crippen MR) is 102 cm³/mol. The number of benzene rings is 2. The van der Waals surface area contributed by atoms with Gasteiger partial charge in [0.15, 0.2) is 0 Å². The molecule has 3 aromatic rings. The van der Waals surface area contributed by atoms with E-state index in [4.69, 9.17) is 4.52 Å². The zero-order valence-electron chi connectivity index (χ0n) is 15.3. The van der Waals surface area contributed by atoms with Gasteiger partial charge in [-0.15, -0.1) is 0 Å². The molecule has 2 aromatic carbocycles. The lowest BCUT2D eigenvalue weighted by atomic mass is 10.1. The quantitative estimate of drug-likeness (QED) is 0.759. The second-order valence-electron chi connectivity index (χ2n) is 6.82. The van der Waals surface area contributed by atoms with E-state index >= 15 is 0 Å². The third-order valence-corrected chi connectivity index (χ3v) is 4.84. The van der Waals surface area contributed by atoms with Crippen molar-refractivity contribution in [1.29, 1.82) is 0 Å². The highest BCUT2D eigenvalue weighted by molar-refractivity contribution is 5.75. The van der Waals surface area contributed by atoms with E-state index in [1.54, 1.807) is 4.90 Å². The summed E-state index contributed by atoms with van der Waals surface area (Å²) in [4.78, 5) is 19.0. The number of nitrogens with zero attached hydrogens (tertiary/aromatic N) is 3. The van der Waals surface area contributed by atoms with Crippen molar-refractivity contribution >= 4 is 6.03 Å². The Morgan fingerprint density at radius 2 is 1.96 bits per heavy atom. The van der Waals surface area contributed by atoms with Crippen molar-refractivity contribution in [3.8, 4) is 11.4 Å². The number of hydrogen-bond acceptors (Lipinski definition) is 4. The molecule has 0 aliphatic carbocycles. The molecular formula is C21H22N4O2. The molecule has 0 bridgehead atoms. The number of nitrogens with one attached hydrogen (secondary N) is 1. The van der Waals surface area contributed by atoms with Crippen molar-refractivity contribution in [2.75, 3.05) is 6.54 Å². The van der Waals surface area contributed by atoms with Crippen molar-refractivity contribution < 1.29 is 9.32 Å². The highest BCUT2D eigenvalue weighted by Gasteiger charge is 2.34. The van der Waals surface area contributed by atoms with Crippen LogP contribution in [0.15, 0.2) is 59.1 Å². The Kier molecular flexibility index (Phi) is 4.87. The van der Waals surface area contributed by atoms with E-state index in [1.165, 1.54) is 5.56 Å². The van der Waals surface area contributed by atoms with Gasteiger partial charge < -0.3 is 14.7 Å². The van der Waals surface area contributed by atoms with E-state index in [0.717, 1.165) is 24.0 Å². The minimum Gasteiger partial charge on any atom is -0.337 e. The number of aryl methyl sites for hydroxylation is 1. The smallest absolute Gasteiger partial charge is 0.318 e. The summed E-state index contributed by atoms with van der Waals surface area (Å²) in [5, 5.41) is 7.08. The topological polar surface area (TPSA) is 71.3 Å². The largest absolute Gasteiger partial charge is 0.337 e. The van der Waals surface area contributed by atoms with E-state index in [2.05, 4.69) is 15.5 Å². The number of rotatable bonds is 4. The first-order valence-corrected chi connectivity index (χ1v) is 9.20. The Morgan fingerprint density at radius 1 is 1.19 bits per heavy atom. The molecule has 1 fully saturated rings. The normalized spacial score (nSPS) is 16.5. The molecule has 6 heteroatoms. The summed E-state index contributed by atoms with van der Waals surface area (Å²) in [7, 11) is 0. The SMILES string of the molecule is Cc1ccc(CNC(=O)N2CCC[C@@H]2c2nc(-c3ccccc3)no2)cc1. The van der Waals surface area contributed by atoms with Crippen LogP contribution in [-0.2, 0) is 6.54 Å². The van der Waals surface area contributed by atoms with Gasteiger partial charge in [0, 0.05) is 18.7 Å². The van der Waals surface area contributed by atoms with Crippen molar-refractivity contribution in [3.63, 3.8) is 0 Å². The van der Waals surface area contributed by atoms with E-state index in [9.17, 15) is 4.79 Å². The molecule has 138 valence electrons. The number of carbonyl (C=O) groups is 1. The number of carbonyl (C=O) groups excluding carboxylic acids is 1. The zero-order valence-corrected chi connectivity index (χ0v) is 15.3. The molecule has 1 N–H and O–H groups in total. The summed E-state index contributed by atoms with van der Waals surface area (Å²) >= 11 is 0. The lowest BCUT2D eigenvalue weighted by Crippen LogP contribution is -2.39. The van der Waals surface area contributed by atoms with E-state index in [1.807, 2.05) is 61.5 Å². The van der Waals surface area contributed by atoms with Crippen LogP contribution in [0.1, 0.15) is 35.9 Å². The van der Waals surface area contributed by atoms with Gasteiger partial charge in [-0.25, -0.2) is 4.79 Å². The number of likely N-dealkylation sites (tertiary alicyclic amines) is 1. The Balaban J connectivity index is 1.43. The molecule has 1 aromatic heterocycles. The van der Waals surface area contributed by atoms with Gasteiger partial charge in [-0.2, -0.15) is 4.98 Å². The van der Waals surface area contributed by atoms with E-state index < -0.39 is 0 Å². The standard InChI is InChI=1S/C21H22N4O2/c1-15-9-11-16(12-10-15)14-22-21(26)25-13-5-8-18(25)20-23-19(24-27-20)17-6-3-2-4-7-17/h2-4,6-7,9-12,18H,5,8,13-14H2,1H3,(H,22,26)/t18-/m1/s1. The lowest BCUT2D eigenvalue weighted by Gasteiger charge is -2.22. The molecule has 2 heterocycles. The second-order valence-corrected chi connectivity index (χ2v) is 6.82. The number of amides is 2. The predicted octanol–water partition coefficient (Wildman–Crippen LogP) is 4.09. The van der Waals surface area contributed by atoms with Crippen molar-refractivity contribution in [2.24, 2.45) is 0 Å². The van der Waals surface area contributed by atoms with Crippen LogP contribution in [0.3, 0.4) is 0 Å². The summed E-state index contributed by atoms with van der Waals surface area (Å²) < 4.78 is 5.48. The minimum atomic E-state index is -0.173. The van der Waals surface area contributed by atoms with Crippen molar-refractivity contribution in [1.82, 2.24) is 20.4 Å². The van der Waals surface area contributed by atoms with E-state index in [-0.39, 0.29) is 12.1 Å². The average Bonchev–Trinajstić information content (AvgIpc) is 3.37. The highest BCUT2D eigenvalue weighted by Crippen LogP contribution is 2.32. The monoisotopic (exact) mass is 362 g/mol. The van der Waals surface area contributed by atoms with Gasteiger partial charge in [-0.3, -0.25) is 0 Å². The third-order valence-electron chi connectivity index (χ3n) is 4.84. The van der Waals surface area contributed by atoms with Crippen LogP contribution in [0.5, 0.6) is 0 Å². The maximum absolute atomic E-state index is 12.7. The summed E-state index contributed by atoms with van der Waals surface area (Å²) in [6.45, 7) is 3.24. The fourth-order valence-corrected chi connectivity index (χ4v) is 3.33. The Bertz CT molecular complexity index is 905. The van der Waals surface area contributed by atoms with Gasteiger partial charge in [0.05, 0.1) is 0 Å². The molecular weight excluding hydrogens is 340 g/mol. The molecule has 2 amide bonds. The zero-order chi connectivity index (χ0) is 18.6. The van der Waals surface area contributed by atoms with Gasteiger partial charge >= 0.3 is 6.03 Å². The fraction of sp³-hybridized carbons (Fsp3) is 0.286. The Hall–Kier alpha value is -3.15. The number of hydrogen-bond donors (Lipinski definition) is 1. The Labute approximate surface area is 158 Å². The van der Waals surface area contributed by atoms with Gasteiger partial charge in [0.1, 0.15) is 6.04 Å². The molecule has 0 radical (unpaired) electrons. The van der Waals surface area contributed by atoms with Crippen LogP contribution in [-0.4, -0.2) is 27.6 Å². The maximum atomic E-state index is 12.7.